The van der Waals surface area contributed by atoms with Crippen LogP contribution in [0, 0.1) is 11.8 Å². The van der Waals surface area contributed by atoms with Gasteiger partial charge in [0.1, 0.15) is 0 Å². The fraction of sp³-hybridized carbons (Fsp3) is 1.00. The first-order valence-electron chi connectivity index (χ1n) is 5.34. The van der Waals surface area contributed by atoms with Crippen molar-refractivity contribution in [2.24, 2.45) is 11.8 Å². The van der Waals surface area contributed by atoms with Gasteiger partial charge >= 0.3 is 0 Å². The zero-order chi connectivity index (χ0) is 8.10. The average molecular weight is 154 g/mol. The first kappa shape index (κ1) is 9.09. The van der Waals surface area contributed by atoms with Crippen molar-refractivity contribution in [3.05, 3.63) is 0 Å². The van der Waals surface area contributed by atoms with E-state index in [0.29, 0.717) is 0 Å². The molecular weight excluding hydrogens is 132 g/mol. The van der Waals surface area contributed by atoms with Gasteiger partial charge in [0.2, 0.25) is 0 Å². The minimum Gasteiger partial charge on any atom is -0.0654 e. The van der Waals surface area contributed by atoms with Crippen LogP contribution in [0.2, 0.25) is 0 Å². The molecule has 0 heterocycles. The average Bonchev–Trinajstić information content (AvgIpc) is 2.07. The highest BCUT2D eigenvalue weighted by Gasteiger charge is 2.18. The molecule has 0 aromatic rings. The lowest BCUT2D eigenvalue weighted by atomic mass is 9.79. The Labute approximate surface area is 71.4 Å². The van der Waals surface area contributed by atoms with E-state index in [1.165, 1.54) is 44.9 Å². The topological polar surface area (TPSA) is 0 Å². The second-order valence-corrected chi connectivity index (χ2v) is 4.16. The third kappa shape index (κ3) is 2.84. The van der Waals surface area contributed by atoms with E-state index in [0.717, 1.165) is 11.8 Å². The van der Waals surface area contributed by atoms with Gasteiger partial charge in [-0.05, 0) is 11.8 Å². The Morgan fingerprint density at radius 1 is 1.18 bits per heavy atom. The summed E-state index contributed by atoms with van der Waals surface area (Å²) < 4.78 is 0. The van der Waals surface area contributed by atoms with Crippen molar-refractivity contribution in [1.82, 2.24) is 0 Å². The highest BCUT2D eigenvalue weighted by molar-refractivity contribution is 4.70. The third-order valence-electron chi connectivity index (χ3n) is 3.20. The van der Waals surface area contributed by atoms with E-state index in [4.69, 9.17) is 0 Å². The van der Waals surface area contributed by atoms with Crippen molar-refractivity contribution in [2.75, 3.05) is 0 Å². The maximum atomic E-state index is 2.44. The molecule has 0 bridgehead atoms. The van der Waals surface area contributed by atoms with Crippen LogP contribution < -0.4 is 0 Å². The van der Waals surface area contributed by atoms with Gasteiger partial charge in [-0.3, -0.25) is 0 Å². The summed E-state index contributed by atoms with van der Waals surface area (Å²) in [6, 6.07) is 0. The lowest BCUT2D eigenvalue weighted by Crippen LogP contribution is -2.14. The van der Waals surface area contributed by atoms with Crippen LogP contribution in [0.4, 0.5) is 0 Å². The molecule has 0 amide bonds. The van der Waals surface area contributed by atoms with E-state index >= 15 is 0 Å². The van der Waals surface area contributed by atoms with Crippen molar-refractivity contribution < 1.29 is 0 Å². The second kappa shape index (κ2) is 4.79. The molecule has 0 aromatic carbocycles. The Morgan fingerprint density at radius 3 is 2.36 bits per heavy atom. The molecule has 1 fully saturated rings. The molecule has 0 spiro atoms. The minimum atomic E-state index is 1.00. The number of hydrogen-bond donors (Lipinski definition) is 0. The van der Waals surface area contributed by atoms with Crippen LogP contribution in [0.15, 0.2) is 0 Å². The summed E-state index contributed by atoms with van der Waals surface area (Å²) in [5, 5.41) is 0. The zero-order valence-electron chi connectivity index (χ0n) is 8.10. The van der Waals surface area contributed by atoms with Gasteiger partial charge in [0, 0.05) is 0 Å². The molecule has 0 unspecified atom stereocenters. The van der Waals surface area contributed by atoms with Gasteiger partial charge in [-0.15, -0.1) is 0 Å². The lowest BCUT2D eigenvalue weighted by Gasteiger charge is -2.27. The van der Waals surface area contributed by atoms with Gasteiger partial charge in [-0.1, -0.05) is 58.8 Å². The summed E-state index contributed by atoms with van der Waals surface area (Å²) in [5.74, 6) is 2.07. The van der Waals surface area contributed by atoms with Gasteiger partial charge in [-0.2, -0.15) is 0 Å². The summed E-state index contributed by atoms with van der Waals surface area (Å²) in [6.07, 6.45) is 10.3. The van der Waals surface area contributed by atoms with Crippen LogP contribution in [0.3, 0.4) is 0 Å². The van der Waals surface area contributed by atoms with E-state index in [-0.39, 0.29) is 0 Å². The maximum Gasteiger partial charge on any atom is -0.0388 e. The molecule has 0 aromatic heterocycles. The Morgan fingerprint density at radius 2 is 1.82 bits per heavy atom. The molecular formula is C11H22. The van der Waals surface area contributed by atoms with Gasteiger partial charge in [0.15, 0.2) is 0 Å². The molecule has 0 radical (unpaired) electrons. The number of rotatable bonds is 3. The monoisotopic (exact) mass is 154 g/mol. The summed E-state index contributed by atoms with van der Waals surface area (Å²) in [6.45, 7) is 4.75. The molecule has 0 saturated heterocycles. The summed E-state index contributed by atoms with van der Waals surface area (Å²) in [5.41, 5.74) is 0. The molecule has 0 heteroatoms. The molecule has 66 valence electrons. The van der Waals surface area contributed by atoms with Gasteiger partial charge in [-0.25, -0.2) is 0 Å². The molecule has 1 aliphatic carbocycles. The fourth-order valence-electron chi connectivity index (χ4n) is 2.39. The van der Waals surface area contributed by atoms with Crippen LogP contribution in [-0.4, -0.2) is 0 Å². The van der Waals surface area contributed by atoms with Crippen molar-refractivity contribution in [3.8, 4) is 0 Å². The third-order valence-corrected chi connectivity index (χ3v) is 3.20. The molecule has 11 heavy (non-hydrogen) atoms. The largest absolute Gasteiger partial charge is 0.0654 e. The smallest absolute Gasteiger partial charge is 0.0388 e. The summed E-state index contributed by atoms with van der Waals surface area (Å²) in [7, 11) is 0. The van der Waals surface area contributed by atoms with Crippen LogP contribution in [0.25, 0.3) is 0 Å². The van der Waals surface area contributed by atoms with E-state index < -0.39 is 0 Å². The predicted molar refractivity (Wildman–Crippen MR) is 50.6 cm³/mol. The van der Waals surface area contributed by atoms with Crippen LogP contribution in [0.5, 0.6) is 0 Å². The molecule has 1 atom stereocenters. The maximum absolute atomic E-state index is 2.44. The molecule has 1 aliphatic rings. The number of hydrogen-bond acceptors (Lipinski definition) is 0. The van der Waals surface area contributed by atoms with Crippen LogP contribution >= 0.6 is 0 Å². The molecule has 0 aliphatic heterocycles. The summed E-state index contributed by atoms with van der Waals surface area (Å²) in [4.78, 5) is 0. The van der Waals surface area contributed by atoms with Crippen molar-refractivity contribution >= 4 is 0 Å². The Bertz CT molecular complexity index is 90.2. The minimum absolute atomic E-state index is 1.00. The normalized spacial score (nSPS) is 23.5. The molecule has 1 rings (SSSR count). The van der Waals surface area contributed by atoms with E-state index in [2.05, 4.69) is 13.8 Å². The van der Waals surface area contributed by atoms with Crippen LogP contribution in [0.1, 0.15) is 58.8 Å². The Kier molecular flexibility index (Phi) is 3.96. The van der Waals surface area contributed by atoms with Crippen molar-refractivity contribution in [2.45, 2.75) is 58.8 Å². The standard InChI is InChI=1S/C11H22/c1-3-7-10(2)11-8-5-4-6-9-11/h10-11H,3-9H2,1-2H3/t10-/m1/s1. The van der Waals surface area contributed by atoms with Gasteiger partial charge in [0.25, 0.3) is 0 Å². The lowest BCUT2D eigenvalue weighted by molar-refractivity contribution is 0.251. The quantitative estimate of drug-likeness (QED) is 0.576. The highest BCUT2D eigenvalue weighted by Crippen LogP contribution is 2.31. The van der Waals surface area contributed by atoms with Crippen molar-refractivity contribution in [1.29, 1.82) is 0 Å². The first-order chi connectivity index (χ1) is 5.34. The zero-order valence-corrected chi connectivity index (χ0v) is 8.10. The summed E-state index contributed by atoms with van der Waals surface area (Å²) >= 11 is 0. The van der Waals surface area contributed by atoms with E-state index in [1.807, 2.05) is 0 Å². The second-order valence-electron chi connectivity index (χ2n) is 4.16. The predicted octanol–water partition coefficient (Wildman–Crippen LogP) is 4.00. The van der Waals surface area contributed by atoms with E-state index in [9.17, 15) is 0 Å². The molecule has 0 N–H and O–H groups in total. The van der Waals surface area contributed by atoms with Gasteiger partial charge in [0.05, 0.1) is 0 Å². The van der Waals surface area contributed by atoms with Crippen molar-refractivity contribution in [3.63, 3.8) is 0 Å². The van der Waals surface area contributed by atoms with Crippen LogP contribution in [-0.2, 0) is 0 Å². The molecule has 0 nitrogen and oxygen atoms in total. The Hall–Kier alpha value is 0. The van der Waals surface area contributed by atoms with Gasteiger partial charge < -0.3 is 0 Å². The fourth-order valence-corrected chi connectivity index (χ4v) is 2.39. The van der Waals surface area contributed by atoms with E-state index in [1.54, 1.807) is 0 Å². The molecule has 1 saturated carbocycles. The highest BCUT2D eigenvalue weighted by atomic mass is 14.2. The Balaban J connectivity index is 2.21. The SMILES string of the molecule is CCC[C@@H](C)C1CCCCC1. The first-order valence-corrected chi connectivity index (χ1v) is 5.34.